The van der Waals surface area contributed by atoms with Gasteiger partial charge >= 0.3 is 0 Å². The molecule has 0 spiro atoms. The van der Waals surface area contributed by atoms with Crippen molar-refractivity contribution in [2.75, 3.05) is 40.0 Å². The smallest absolute Gasteiger partial charge is 0.276 e. The van der Waals surface area contributed by atoms with Crippen LogP contribution in [0.15, 0.2) is 24.3 Å². The predicted octanol–water partition coefficient (Wildman–Crippen LogP) is 2.68. The number of methoxy groups -OCH3 is 1. The minimum absolute atomic E-state index is 0.0126. The fraction of sp³-hybridized carbons (Fsp3) is 0.500. The van der Waals surface area contributed by atoms with Crippen LogP contribution in [0.3, 0.4) is 0 Å². The number of aromatic nitrogens is 2. The van der Waals surface area contributed by atoms with Crippen molar-refractivity contribution in [2.24, 2.45) is 0 Å². The lowest BCUT2D eigenvalue weighted by molar-refractivity contribution is -0.116. The Bertz CT molecular complexity index is 1130. The number of fused-ring (bicyclic) bond motifs is 1. The monoisotopic (exact) mass is 462 g/mol. The third-order valence-electron chi connectivity index (χ3n) is 7.54. The first kappa shape index (κ1) is 21.6. The molecule has 0 saturated carbocycles. The van der Waals surface area contributed by atoms with Crippen molar-refractivity contribution in [1.82, 2.24) is 20.4 Å². The molecule has 1 fully saturated rings. The lowest BCUT2D eigenvalue weighted by Gasteiger charge is -2.34. The predicted molar refractivity (Wildman–Crippen MR) is 126 cm³/mol. The van der Waals surface area contributed by atoms with Gasteiger partial charge in [0.05, 0.1) is 12.8 Å². The molecule has 34 heavy (non-hydrogen) atoms. The maximum absolute atomic E-state index is 12.6. The van der Waals surface area contributed by atoms with Gasteiger partial charge in [-0.25, -0.2) is 0 Å². The van der Waals surface area contributed by atoms with E-state index in [2.05, 4.69) is 32.5 Å². The van der Waals surface area contributed by atoms with Crippen molar-refractivity contribution in [1.29, 1.82) is 0 Å². The number of nitrogens with zero attached hydrogens (tertiary/aromatic N) is 3. The Morgan fingerprint density at radius 2 is 1.97 bits per heavy atom. The summed E-state index contributed by atoms with van der Waals surface area (Å²) in [4.78, 5) is 15.1. The van der Waals surface area contributed by atoms with Crippen LogP contribution in [0.2, 0.25) is 0 Å². The van der Waals surface area contributed by atoms with Crippen molar-refractivity contribution in [3.8, 4) is 17.4 Å². The summed E-state index contributed by atoms with van der Waals surface area (Å²) < 4.78 is 16.8. The maximum Gasteiger partial charge on any atom is 0.276 e. The van der Waals surface area contributed by atoms with Crippen molar-refractivity contribution >= 4 is 11.9 Å². The molecule has 2 aliphatic heterocycles. The van der Waals surface area contributed by atoms with E-state index in [4.69, 9.17) is 14.2 Å². The van der Waals surface area contributed by atoms with Gasteiger partial charge < -0.3 is 24.4 Å². The van der Waals surface area contributed by atoms with Crippen LogP contribution in [0.4, 0.5) is 0 Å². The number of piperidine rings is 1. The highest BCUT2D eigenvalue weighted by Gasteiger charge is 2.40. The largest absolute Gasteiger partial charge is 0.496 e. The summed E-state index contributed by atoms with van der Waals surface area (Å²) in [7, 11) is 1.73. The first-order chi connectivity index (χ1) is 16.7. The van der Waals surface area contributed by atoms with E-state index >= 15 is 0 Å². The molecule has 2 atom stereocenters. The van der Waals surface area contributed by atoms with Gasteiger partial charge in [0.25, 0.3) is 5.88 Å². The Balaban J connectivity index is 1.06. The molecule has 8 heteroatoms. The highest BCUT2D eigenvalue weighted by Crippen LogP contribution is 2.50. The molecule has 0 amide bonds. The highest BCUT2D eigenvalue weighted by atomic mass is 16.6. The Labute approximate surface area is 199 Å². The lowest BCUT2D eigenvalue weighted by Crippen LogP contribution is -2.43. The number of rotatable bonds is 6. The third-order valence-corrected chi connectivity index (χ3v) is 7.54. The standard InChI is InChI=1S/C26H30N4O4/c1-32-22-5-3-16-2-4-21(31)20-12-17(25(22)24(16)20)15-30-8-6-18(7-9-30)27-14-19-13-23-26(29-28-19)34-11-10-33-23/h2-5,13,17-18,20,27H,6-12,14-15H2,1H3/t17-,20?/m0/s1. The summed E-state index contributed by atoms with van der Waals surface area (Å²) >= 11 is 0. The summed E-state index contributed by atoms with van der Waals surface area (Å²) in [6.07, 6.45) is 6.75. The Morgan fingerprint density at radius 1 is 1.12 bits per heavy atom. The lowest BCUT2D eigenvalue weighted by atomic mass is 9.87. The number of nitrogens with one attached hydrogen (secondary N) is 1. The number of hydrogen-bond donors (Lipinski definition) is 1. The van der Waals surface area contributed by atoms with Crippen LogP contribution < -0.4 is 19.5 Å². The summed E-state index contributed by atoms with van der Waals surface area (Å²) in [5.41, 5.74) is 4.49. The zero-order chi connectivity index (χ0) is 23.1. The average molecular weight is 463 g/mol. The van der Waals surface area contributed by atoms with Crippen molar-refractivity contribution in [3.63, 3.8) is 0 Å². The van der Waals surface area contributed by atoms with Crippen LogP contribution in [-0.2, 0) is 11.3 Å². The van der Waals surface area contributed by atoms with E-state index in [1.54, 1.807) is 13.2 Å². The van der Waals surface area contributed by atoms with E-state index in [-0.39, 0.29) is 11.7 Å². The van der Waals surface area contributed by atoms with Crippen molar-refractivity contribution in [3.05, 3.63) is 46.7 Å². The Kier molecular flexibility index (Phi) is 5.71. The number of likely N-dealkylation sites (tertiary alicyclic amines) is 1. The van der Waals surface area contributed by atoms with E-state index in [9.17, 15) is 4.79 Å². The normalized spacial score (nSPS) is 23.7. The van der Waals surface area contributed by atoms with E-state index in [0.29, 0.717) is 43.3 Å². The van der Waals surface area contributed by atoms with E-state index in [1.165, 1.54) is 16.7 Å². The van der Waals surface area contributed by atoms with E-state index in [1.807, 2.05) is 12.1 Å². The zero-order valence-corrected chi connectivity index (χ0v) is 19.5. The number of carbonyl (C=O) groups excluding carboxylic acids is 1. The minimum Gasteiger partial charge on any atom is -0.496 e. The summed E-state index contributed by atoms with van der Waals surface area (Å²) in [6.45, 7) is 4.78. The van der Waals surface area contributed by atoms with Gasteiger partial charge in [-0.1, -0.05) is 12.1 Å². The molecule has 4 aliphatic rings. The molecule has 1 aromatic heterocycles. The highest BCUT2D eigenvalue weighted by molar-refractivity contribution is 6.03. The molecule has 0 bridgehead atoms. The van der Waals surface area contributed by atoms with Gasteiger partial charge in [0.1, 0.15) is 19.0 Å². The minimum atomic E-state index is -0.0126. The number of allylic oxidation sites excluding steroid dienone is 1. The molecular formula is C26H30N4O4. The number of ketones is 1. The average Bonchev–Trinajstić information content (AvgIpc) is 3.26. The molecular weight excluding hydrogens is 432 g/mol. The molecule has 1 N–H and O–H groups in total. The molecule has 1 aromatic carbocycles. The second-order valence-electron chi connectivity index (χ2n) is 9.56. The van der Waals surface area contributed by atoms with Crippen LogP contribution in [0.1, 0.15) is 53.5 Å². The molecule has 0 radical (unpaired) electrons. The van der Waals surface area contributed by atoms with Gasteiger partial charge in [-0.2, -0.15) is 5.10 Å². The van der Waals surface area contributed by atoms with Crippen LogP contribution in [0.5, 0.6) is 17.4 Å². The summed E-state index contributed by atoms with van der Waals surface area (Å²) in [5.74, 6) is 2.63. The fourth-order valence-electron chi connectivity index (χ4n) is 5.86. The molecule has 3 heterocycles. The molecule has 1 unspecified atom stereocenters. The number of carbonyl (C=O) groups is 1. The number of benzene rings is 1. The third kappa shape index (κ3) is 3.95. The van der Waals surface area contributed by atoms with E-state index < -0.39 is 0 Å². The van der Waals surface area contributed by atoms with Crippen LogP contribution in [-0.4, -0.2) is 66.9 Å². The summed E-state index contributed by atoms with van der Waals surface area (Å²) in [5, 5.41) is 12.0. The Morgan fingerprint density at radius 3 is 2.82 bits per heavy atom. The Hall–Kier alpha value is -2.97. The van der Waals surface area contributed by atoms with Crippen LogP contribution in [0.25, 0.3) is 6.08 Å². The fourth-order valence-corrected chi connectivity index (χ4v) is 5.86. The first-order valence-electron chi connectivity index (χ1n) is 12.2. The number of ether oxygens (including phenoxy) is 3. The second-order valence-corrected chi connectivity index (χ2v) is 9.56. The van der Waals surface area contributed by atoms with Gasteiger partial charge in [-0.3, -0.25) is 4.79 Å². The van der Waals surface area contributed by atoms with Crippen LogP contribution >= 0.6 is 0 Å². The molecule has 2 aliphatic carbocycles. The molecule has 6 rings (SSSR count). The van der Waals surface area contributed by atoms with Gasteiger partial charge in [-0.15, -0.1) is 5.10 Å². The zero-order valence-electron chi connectivity index (χ0n) is 19.5. The quantitative estimate of drug-likeness (QED) is 0.701. The maximum atomic E-state index is 12.6. The van der Waals surface area contributed by atoms with Gasteiger partial charge in [0.15, 0.2) is 11.5 Å². The van der Waals surface area contributed by atoms with Crippen molar-refractivity contribution in [2.45, 2.75) is 43.7 Å². The van der Waals surface area contributed by atoms with Crippen LogP contribution in [0, 0.1) is 0 Å². The topological polar surface area (TPSA) is 85.8 Å². The SMILES string of the molecule is COc1ccc2c3c1[C@H](CN1CCC(NCc4cc5c(nn4)OCCO5)CC1)CC3C(=O)C=C2. The molecule has 8 nitrogen and oxygen atoms in total. The molecule has 1 saturated heterocycles. The van der Waals surface area contributed by atoms with Gasteiger partial charge in [0.2, 0.25) is 0 Å². The van der Waals surface area contributed by atoms with Gasteiger partial charge in [-0.05, 0) is 55.6 Å². The first-order valence-corrected chi connectivity index (χ1v) is 12.2. The number of hydrogen-bond acceptors (Lipinski definition) is 8. The second kappa shape index (κ2) is 9.00. The van der Waals surface area contributed by atoms with Gasteiger partial charge in [0, 0.05) is 42.6 Å². The van der Waals surface area contributed by atoms with Crippen molar-refractivity contribution < 1.29 is 19.0 Å². The summed E-state index contributed by atoms with van der Waals surface area (Å²) in [6, 6.07) is 6.51. The molecule has 178 valence electrons. The van der Waals surface area contributed by atoms with E-state index in [0.717, 1.165) is 50.3 Å². The molecule has 2 aromatic rings.